The van der Waals surface area contributed by atoms with Gasteiger partial charge in [-0.3, -0.25) is 19.2 Å². The Kier molecular flexibility index (Phi) is 12.8. The average molecular weight is 836 g/mol. The van der Waals surface area contributed by atoms with Gasteiger partial charge in [-0.15, -0.1) is 6.58 Å². The van der Waals surface area contributed by atoms with Gasteiger partial charge in [-0.2, -0.15) is 0 Å². The summed E-state index contributed by atoms with van der Waals surface area (Å²) in [5.74, 6) is -2.56. The maximum atomic E-state index is 14.9. The predicted octanol–water partition coefficient (Wildman–Crippen LogP) is 5.81. The van der Waals surface area contributed by atoms with E-state index in [1.165, 1.54) is 11.0 Å². The first-order valence-electron chi connectivity index (χ1n) is 19.9. The van der Waals surface area contributed by atoms with Gasteiger partial charge in [0.2, 0.25) is 17.7 Å². The van der Waals surface area contributed by atoms with Crippen molar-refractivity contribution < 1.29 is 37.1 Å². The number of hydrogen-bond acceptors (Lipinski definition) is 9. The Labute approximate surface area is 345 Å². The second-order valence-corrected chi connectivity index (χ2v) is 19.7. The van der Waals surface area contributed by atoms with Crippen molar-refractivity contribution in [2.75, 3.05) is 26.7 Å². The Morgan fingerprint density at radius 1 is 1.05 bits per heavy atom. The Hall–Kier alpha value is -4.69. The van der Waals surface area contributed by atoms with E-state index in [2.05, 4.69) is 16.6 Å². The monoisotopic (exact) mass is 835 g/mol. The summed E-state index contributed by atoms with van der Waals surface area (Å²) in [6.07, 6.45) is 3.96. The van der Waals surface area contributed by atoms with Crippen LogP contribution in [0.5, 0.6) is 11.5 Å². The summed E-state index contributed by atoms with van der Waals surface area (Å²) in [6.45, 7) is 12.4. The average Bonchev–Trinajstić information content (AvgIpc) is 3.84. The first-order chi connectivity index (χ1) is 27.4. The van der Waals surface area contributed by atoms with Crippen LogP contribution in [0.3, 0.4) is 0 Å². The molecule has 1 aromatic heterocycles. The molecule has 3 fully saturated rings. The van der Waals surface area contributed by atoms with E-state index in [0.29, 0.717) is 41.2 Å². The van der Waals surface area contributed by atoms with Crippen LogP contribution < -0.4 is 19.5 Å². The number of ether oxygens (including phenoxy) is 2. The van der Waals surface area contributed by atoms with Crippen molar-refractivity contribution in [3.8, 4) is 22.8 Å². The molecule has 1 saturated carbocycles. The number of fused-ring (bicyclic) bond motifs is 1. The first-order valence-corrected chi connectivity index (χ1v) is 21.8. The Morgan fingerprint density at radius 2 is 1.74 bits per heavy atom. The highest BCUT2D eigenvalue weighted by Gasteiger charge is 2.54. The van der Waals surface area contributed by atoms with Crippen LogP contribution in [0.15, 0.2) is 67.3 Å². The minimum absolute atomic E-state index is 0.000924. The van der Waals surface area contributed by atoms with Crippen LogP contribution in [0.1, 0.15) is 72.6 Å². The SMILES string of the molecule is C=C[C@H](C)[C@@H](NC(=O)[C@@H]1C[C@@H](Oc2cc(-c3ccccc3)nc3cc(OC)ccc23)CN1C(=O)[C@@H](CC(=O)N1CCCCC1)C(C)(C)C)C(=O)NS(=O)(=O)C1(Cl)CC1. The number of likely N-dealkylation sites (tertiary alicyclic amines) is 2. The topological polar surface area (TPSA) is 164 Å². The molecule has 5 atom stereocenters. The van der Waals surface area contributed by atoms with Crippen molar-refractivity contribution in [2.24, 2.45) is 17.3 Å². The fourth-order valence-corrected chi connectivity index (χ4v) is 9.02. The van der Waals surface area contributed by atoms with Crippen molar-refractivity contribution in [1.29, 1.82) is 0 Å². The van der Waals surface area contributed by atoms with Gasteiger partial charge in [0, 0.05) is 54.9 Å². The lowest BCUT2D eigenvalue weighted by Crippen LogP contribution is -2.57. The lowest BCUT2D eigenvalue weighted by molar-refractivity contribution is -0.148. The molecular weight excluding hydrogens is 782 g/mol. The van der Waals surface area contributed by atoms with Crippen molar-refractivity contribution in [2.45, 2.75) is 95.0 Å². The van der Waals surface area contributed by atoms with Gasteiger partial charge in [-0.1, -0.05) is 75.7 Å². The van der Waals surface area contributed by atoms with E-state index in [4.69, 9.17) is 26.1 Å². The molecule has 2 aliphatic heterocycles. The van der Waals surface area contributed by atoms with Crippen LogP contribution in [-0.2, 0) is 29.2 Å². The fourth-order valence-electron chi connectivity index (χ4n) is 7.60. The molecule has 3 heterocycles. The van der Waals surface area contributed by atoms with E-state index in [0.717, 1.165) is 24.8 Å². The molecule has 3 aliphatic rings. The summed E-state index contributed by atoms with van der Waals surface area (Å²) in [5.41, 5.74) is 1.45. The number of sulfonamides is 1. The second-order valence-electron chi connectivity index (χ2n) is 16.7. The number of piperidine rings is 1. The molecule has 0 unspecified atom stereocenters. The summed E-state index contributed by atoms with van der Waals surface area (Å²) in [6, 6.07) is 14.4. The smallest absolute Gasteiger partial charge is 0.256 e. The minimum Gasteiger partial charge on any atom is -0.497 e. The molecule has 15 heteroatoms. The number of hydrogen-bond donors (Lipinski definition) is 2. The lowest BCUT2D eigenvalue weighted by Gasteiger charge is -2.36. The fraction of sp³-hybridized carbons (Fsp3) is 0.512. The summed E-state index contributed by atoms with van der Waals surface area (Å²) >= 11 is 6.19. The van der Waals surface area contributed by atoms with Crippen LogP contribution in [-0.4, -0.2) is 96.0 Å². The number of aromatic nitrogens is 1. The van der Waals surface area contributed by atoms with E-state index in [-0.39, 0.29) is 38.1 Å². The zero-order valence-corrected chi connectivity index (χ0v) is 35.4. The molecule has 4 amide bonds. The molecule has 312 valence electrons. The molecule has 2 saturated heterocycles. The third kappa shape index (κ3) is 9.44. The van der Waals surface area contributed by atoms with Crippen molar-refractivity contribution in [3.05, 3.63) is 67.3 Å². The van der Waals surface area contributed by atoms with Gasteiger partial charge in [-0.25, -0.2) is 18.1 Å². The number of halogens is 1. The number of methoxy groups -OCH3 is 1. The molecule has 0 bridgehead atoms. The van der Waals surface area contributed by atoms with Crippen LogP contribution in [0.25, 0.3) is 22.2 Å². The summed E-state index contributed by atoms with van der Waals surface area (Å²) in [4.78, 5) is 64.7. The Balaban J connectivity index is 1.34. The maximum Gasteiger partial charge on any atom is 0.256 e. The van der Waals surface area contributed by atoms with Gasteiger partial charge in [0.25, 0.3) is 15.9 Å². The molecule has 58 heavy (non-hydrogen) atoms. The Morgan fingerprint density at radius 3 is 2.36 bits per heavy atom. The normalized spacial score (nSPS) is 20.7. The van der Waals surface area contributed by atoms with Crippen LogP contribution in [0, 0.1) is 17.3 Å². The molecule has 1 aliphatic carbocycles. The van der Waals surface area contributed by atoms with Gasteiger partial charge in [0.05, 0.1) is 30.8 Å². The minimum atomic E-state index is -4.24. The molecule has 6 rings (SSSR count). The number of pyridine rings is 1. The van der Waals surface area contributed by atoms with E-state index in [1.807, 2.05) is 74.2 Å². The van der Waals surface area contributed by atoms with Crippen molar-refractivity contribution >= 4 is 56.2 Å². The molecule has 13 nitrogen and oxygen atoms in total. The van der Waals surface area contributed by atoms with Crippen LogP contribution in [0.2, 0.25) is 0 Å². The van der Waals surface area contributed by atoms with E-state index >= 15 is 0 Å². The summed E-state index contributed by atoms with van der Waals surface area (Å²) in [5, 5.41) is 3.43. The molecule has 3 aromatic rings. The lowest BCUT2D eigenvalue weighted by atomic mass is 9.77. The van der Waals surface area contributed by atoms with Crippen molar-refractivity contribution in [1.82, 2.24) is 24.8 Å². The number of amides is 4. The number of rotatable bonds is 14. The van der Waals surface area contributed by atoms with Gasteiger partial charge in [0.15, 0.2) is 4.21 Å². The van der Waals surface area contributed by atoms with E-state index < -0.39 is 67.4 Å². The number of nitrogens with one attached hydrogen (secondary N) is 2. The largest absolute Gasteiger partial charge is 0.497 e. The maximum absolute atomic E-state index is 14.9. The molecule has 2 aromatic carbocycles. The standard InChI is InChI=1S/C43H54ClN5O8S/c1-7-27(2)38(40(52)47-58(54,55)43(44)18-19-43)46-39(51)35-23-30(26-49(35)41(53)32(42(3,4)5)24-37(50)48-20-12-9-13-21-48)57-36-25-33(28-14-10-8-11-15-28)45-34-22-29(56-6)16-17-31(34)36/h7-8,10-11,14-17,22,25,27,30,32,35,38H,1,9,12-13,18-21,23-24,26H2,2-6H3,(H,46,51)(H,47,52)/t27-,30+,32+,35-,38+/m0/s1. The highest BCUT2D eigenvalue weighted by molar-refractivity contribution is 7.93. The van der Waals surface area contributed by atoms with Crippen molar-refractivity contribution in [3.63, 3.8) is 0 Å². The van der Waals surface area contributed by atoms with Gasteiger partial charge in [0.1, 0.15) is 29.7 Å². The number of alkyl halides is 1. The van der Waals surface area contributed by atoms with Gasteiger partial charge >= 0.3 is 0 Å². The third-order valence-electron chi connectivity index (χ3n) is 11.5. The molecule has 0 radical (unpaired) electrons. The van der Waals surface area contributed by atoms with Gasteiger partial charge < -0.3 is 24.6 Å². The summed E-state index contributed by atoms with van der Waals surface area (Å²) in [7, 11) is -2.67. The highest BCUT2D eigenvalue weighted by atomic mass is 35.5. The van der Waals surface area contributed by atoms with E-state index in [1.54, 1.807) is 20.1 Å². The number of nitrogens with zero attached hydrogens (tertiary/aromatic N) is 3. The number of carbonyl (C=O) groups excluding carboxylic acids is 4. The third-order valence-corrected chi connectivity index (χ3v) is 14.3. The zero-order valence-electron chi connectivity index (χ0n) is 33.8. The van der Waals surface area contributed by atoms with Crippen LogP contribution >= 0.6 is 11.6 Å². The van der Waals surface area contributed by atoms with Gasteiger partial charge in [-0.05, 0) is 49.7 Å². The van der Waals surface area contributed by atoms with E-state index in [9.17, 15) is 27.6 Å². The molecule has 0 spiro atoms. The number of carbonyl (C=O) groups is 4. The Bertz CT molecular complexity index is 2150. The predicted molar refractivity (Wildman–Crippen MR) is 222 cm³/mol. The molecule has 2 N–H and O–H groups in total. The zero-order chi connectivity index (χ0) is 42.0. The number of benzene rings is 2. The van der Waals surface area contributed by atoms with Crippen LogP contribution in [0.4, 0.5) is 0 Å². The first kappa shape index (κ1) is 42.9. The second kappa shape index (κ2) is 17.3. The summed E-state index contributed by atoms with van der Waals surface area (Å²) < 4.78 is 38.6. The highest BCUT2D eigenvalue weighted by Crippen LogP contribution is 2.47. The quantitative estimate of drug-likeness (QED) is 0.151. The molecular formula is C43H54ClN5O8S.